The Labute approximate surface area is 204 Å². The van der Waals surface area contributed by atoms with Crippen molar-refractivity contribution in [2.45, 2.75) is 18.2 Å². The van der Waals surface area contributed by atoms with E-state index in [4.69, 9.17) is 4.98 Å². The summed E-state index contributed by atoms with van der Waals surface area (Å²) in [5.74, 6) is 0. The van der Waals surface area contributed by atoms with E-state index in [9.17, 15) is 16.8 Å². The monoisotopic (exact) mass is 508 g/mol. The van der Waals surface area contributed by atoms with Crippen molar-refractivity contribution in [3.63, 3.8) is 0 Å². The molecule has 0 saturated carbocycles. The molecule has 3 aromatic carbocycles. The van der Waals surface area contributed by atoms with Crippen LogP contribution in [0.15, 0.2) is 83.8 Å². The van der Waals surface area contributed by atoms with Crippen LogP contribution in [0, 0.1) is 6.92 Å². The van der Waals surface area contributed by atoms with Crippen molar-refractivity contribution in [2.24, 2.45) is 0 Å². The maximum absolute atomic E-state index is 13.1. The molecule has 35 heavy (non-hydrogen) atoms. The van der Waals surface area contributed by atoms with Crippen molar-refractivity contribution in [1.82, 2.24) is 9.71 Å². The highest BCUT2D eigenvalue weighted by Crippen LogP contribution is 2.29. The van der Waals surface area contributed by atoms with E-state index in [0.717, 1.165) is 27.7 Å². The van der Waals surface area contributed by atoms with Gasteiger partial charge >= 0.3 is 10.2 Å². The second-order valence-electron chi connectivity index (χ2n) is 8.34. The summed E-state index contributed by atoms with van der Waals surface area (Å²) in [4.78, 5) is 4.77. The van der Waals surface area contributed by atoms with E-state index in [-0.39, 0.29) is 4.90 Å². The molecule has 5 rings (SSSR count). The lowest BCUT2D eigenvalue weighted by atomic mass is 10.0. The minimum Gasteiger partial charge on any atom is -0.280 e. The van der Waals surface area contributed by atoms with Crippen LogP contribution >= 0.6 is 0 Å². The molecule has 0 atom stereocenters. The van der Waals surface area contributed by atoms with Crippen LogP contribution < -0.4 is 13.7 Å². The van der Waals surface area contributed by atoms with Crippen LogP contribution in [0.2, 0.25) is 0 Å². The Bertz CT molecular complexity index is 1620. The first-order chi connectivity index (χ1) is 16.7. The number of benzene rings is 3. The normalized spacial score (nSPS) is 15.7. The third-order valence-electron chi connectivity index (χ3n) is 5.91. The molecule has 1 aromatic heterocycles. The zero-order chi connectivity index (χ0) is 24.6. The van der Waals surface area contributed by atoms with E-state index in [0.29, 0.717) is 30.9 Å². The van der Waals surface area contributed by atoms with Gasteiger partial charge in [0.25, 0.3) is 10.0 Å². The number of rotatable bonds is 5. The minimum absolute atomic E-state index is 0.0366. The molecule has 2 N–H and O–H groups in total. The van der Waals surface area contributed by atoms with Crippen LogP contribution in [0.25, 0.3) is 22.2 Å². The fraction of sp³-hybridized carbons (Fsp3) is 0.160. The lowest BCUT2D eigenvalue weighted by Gasteiger charge is -2.28. The van der Waals surface area contributed by atoms with E-state index < -0.39 is 20.2 Å². The van der Waals surface area contributed by atoms with Gasteiger partial charge in [0.1, 0.15) is 0 Å². The topological polar surface area (TPSA) is 108 Å². The number of aryl methyl sites for hydroxylation is 1. The number of anilines is 2. The SMILES string of the molecule is Cc1ccc(NS(=O)(=O)c2ccc(N3CCCNS3(=O)=O)cc2)cc1-c1ccc2ccccc2n1. The molecule has 8 nitrogen and oxygen atoms in total. The van der Waals surface area contributed by atoms with Gasteiger partial charge in [-0.25, -0.2) is 13.4 Å². The third-order valence-corrected chi connectivity index (χ3v) is 8.85. The molecule has 1 saturated heterocycles. The molecule has 0 bridgehead atoms. The number of para-hydroxylation sites is 1. The standard InChI is InChI=1S/C25H24N4O4S2/c1-18-7-9-20(17-23(18)25-14-8-19-5-2-3-6-24(19)27-25)28-34(30,31)22-12-10-21(11-13-22)29-16-4-15-26-35(29,32)33/h2-3,5-14,17,26,28H,4,15-16H2,1H3. The van der Waals surface area contributed by atoms with Crippen molar-refractivity contribution in [1.29, 1.82) is 0 Å². The summed E-state index contributed by atoms with van der Waals surface area (Å²) in [6, 6.07) is 22.9. The Morgan fingerprint density at radius 3 is 2.51 bits per heavy atom. The zero-order valence-corrected chi connectivity index (χ0v) is 20.6. The number of pyridine rings is 1. The molecule has 0 aliphatic carbocycles. The molecule has 180 valence electrons. The highest BCUT2D eigenvalue weighted by molar-refractivity contribution is 7.92. The van der Waals surface area contributed by atoms with Crippen molar-refractivity contribution >= 4 is 42.5 Å². The number of hydrogen-bond donors (Lipinski definition) is 2. The number of nitrogens with zero attached hydrogens (tertiary/aromatic N) is 2. The van der Waals surface area contributed by atoms with Gasteiger partial charge in [0.05, 0.1) is 21.8 Å². The molecule has 0 amide bonds. The van der Waals surface area contributed by atoms with E-state index in [2.05, 4.69) is 9.44 Å². The first-order valence-electron chi connectivity index (χ1n) is 11.1. The van der Waals surface area contributed by atoms with E-state index in [1.54, 1.807) is 12.1 Å². The Hall–Kier alpha value is -3.47. The van der Waals surface area contributed by atoms with E-state index in [1.807, 2.05) is 49.4 Å². The van der Waals surface area contributed by atoms with Crippen LogP contribution in [0.4, 0.5) is 11.4 Å². The van der Waals surface area contributed by atoms with Gasteiger partial charge < -0.3 is 0 Å². The Balaban J connectivity index is 1.41. The minimum atomic E-state index is -3.89. The summed E-state index contributed by atoms with van der Waals surface area (Å²) in [7, 11) is -7.50. The molecular formula is C25H24N4O4S2. The number of hydrogen-bond acceptors (Lipinski definition) is 5. The summed E-state index contributed by atoms with van der Waals surface area (Å²) >= 11 is 0. The predicted octanol–water partition coefficient (Wildman–Crippen LogP) is 4.06. The molecule has 2 heterocycles. The Kier molecular flexibility index (Phi) is 5.96. The number of aromatic nitrogens is 1. The molecule has 0 radical (unpaired) electrons. The lowest BCUT2D eigenvalue weighted by Crippen LogP contribution is -2.47. The largest absolute Gasteiger partial charge is 0.301 e. The molecule has 1 aliphatic rings. The molecule has 10 heteroatoms. The van der Waals surface area contributed by atoms with Gasteiger partial charge in [-0.15, -0.1) is 0 Å². The van der Waals surface area contributed by atoms with Gasteiger partial charge in [0, 0.05) is 29.7 Å². The highest BCUT2D eigenvalue weighted by Gasteiger charge is 2.26. The smallest absolute Gasteiger partial charge is 0.280 e. The van der Waals surface area contributed by atoms with Crippen LogP contribution in [0.5, 0.6) is 0 Å². The summed E-state index contributed by atoms with van der Waals surface area (Å²) in [6.07, 6.45) is 0.669. The molecule has 1 aliphatic heterocycles. The van der Waals surface area contributed by atoms with Crippen molar-refractivity contribution < 1.29 is 16.8 Å². The Morgan fingerprint density at radius 1 is 0.971 bits per heavy atom. The lowest BCUT2D eigenvalue weighted by molar-refractivity contribution is 0.560. The zero-order valence-electron chi connectivity index (χ0n) is 19.0. The van der Waals surface area contributed by atoms with Gasteiger partial charge in [0.15, 0.2) is 0 Å². The second kappa shape index (κ2) is 8.95. The second-order valence-corrected chi connectivity index (χ2v) is 11.7. The first-order valence-corrected chi connectivity index (χ1v) is 14.0. The summed E-state index contributed by atoms with van der Waals surface area (Å²) in [5.41, 5.74) is 4.23. The van der Waals surface area contributed by atoms with Crippen LogP contribution in [-0.4, -0.2) is 34.9 Å². The maximum atomic E-state index is 13.1. The predicted molar refractivity (Wildman–Crippen MR) is 138 cm³/mol. The van der Waals surface area contributed by atoms with E-state index in [1.165, 1.54) is 28.6 Å². The molecule has 0 spiro atoms. The van der Waals surface area contributed by atoms with Gasteiger partial charge in [-0.3, -0.25) is 9.03 Å². The summed E-state index contributed by atoms with van der Waals surface area (Å²) in [6.45, 7) is 2.68. The highest BCUT2D eigenvalue weighted by atomic mass is 32.2. The maximum Gasteiger partial charge on any atom is 0.301 e. The summed E-state index contributed by atoms with van der Waals surface area (Å²) in [5, 5.41) is 1.03. The van der Waals surface area contributed by atoms with Gasteiger partial charge in [0.2, 0.25) is 0 Å². The van der Waals surface area contributed by atoms with Crippen LogP contribution in [-0.2, 0) is 20.2 Å². The number of nitrogens with one attached hydrogen (secondary N) is 2. The summed E-state index contributed by atoms with van der Waals surface area (Å²) < 4.78 is 56.9. The van der Waals surface area contributed by atoms with Gasteiger partial charge in [-0.1, -0.05) is 30.3 Å². The Morgan fingerprint density at radius 2 is 1.74 bits per heavy atom. The van der Waals surface area contributed by atoms with Crippen molar-refractivity contribution in [3.05, 3.63) is 84.4 Å². The van der Waals surface area contributed by atoms with Crippen molar-refractivity contribution in [2.75, 3.05) is 22.1 Å². The number of sulfonamides is 1. The molecular weight excluding hydrogens is 484 g/mol. The molecule has 0 unspecified atom stereocenters. The molecule has 4 aromatic rings. The van der Waals surface area contributed by atoms with Gasteiger partial charge in [-0.2, -0.15) is 13.1 Å². The average Bonchev–Trinajstić information content (AvgIpc) is 2.84. The van der Waals surface area contributed by atoms with Crippen LogP contribution in [0.3, 0.4) is 0 Å². The number of fused-ring (bicyclic) bond motifs is 1. The van der Waals surface area contributed by atoms with E-state index >= 15 is 0 Å². The fourth-order valence-corrected chi connectivity index (χ4v) is 6.45. The van der Waals surface area contributed by atoms with Gasteiger partial charge in [-0.05, 0) is 67.4 Å². The molecule has 1 fully saturated rings. The average molecular weight is 509 g/mol. The first kappa shape index (κ1) is 23.3. The third kappa shape index (κ3) is 4.72. The fourth-order valence-electron chi connectivity index (χ4n) is 4.07. The van der Waals surface area contributed by atoms with Crippen LogP contribution in [0.1, 0.15) is 12.0 Å². The van der Waals surface area contributed by atoms with Crippen molar-refractivity contribution in [3.8, 4) is 11.3 Å². The quantitative estimate of drug-likeness (QED) is 0.423.